The van der Waals surface area contributed by atoms with E-state index < -0.39 is 11.7 Å². The SMILES string of the molecule is CC(C)CCNc1cnnc(Nc2ccc(C(F)(F)F)cc2)n1. The van der Waals surface area contributed by atoms with Crippen LogP contribution in [0.4, 0.5) is 30.6 Å². The number of hydrogen-bond acceptors (Lipinski definition) is 5. The molecule has 124 valence electrons. The van der Waals surface area contributed by atoms with E-state index in [2.05, 4.69) is 39.7 Å². The van der Waals surface area contributed by atoms with Gasteiger partial charge in [0, 0.05) is 12.2 Å². The van der Waals surface area contributed by atoms with Crippen molar-refractivity contribution in [1.82, 2.24) is 15.2 Å². The zero-order valence-electron chi connectivity index (χ0n) is 12.9. The van der Waals surface area contributed by atoms with E-state index in [1.165, 1.54) is 18.3 Å². The molecule has 0 radical (unpaired) electrons. The highest BCUT2D eigenvalue weighted by molar-refractivity contribution is 5.54. The molecule has 23 heavy (non-hydrogen) atoms. The van der Waals surface area contributed by atoms with E-state index in [9.17, 15) is 13.2 Å². The molecule has 5 nitrogen and oxygen atoms in total. The van der Waals surface area contributed by atoms with Crippen molar-refractivity contribution in [3.8, 4) is 0 Å². The van der Waals surface area contributed by atoms with Crippen molar-refractivity contribution in [3.05, 3.63) is 36.0 Å². The summed E-state index contributed by atoms with van der Waals surface area (Å²) in [6.07, 6.45) is -1.86. The van der Waals surface area contributed by atoms with E-state index in [1.54, 1.807) is 0 Å². The van der Waals surface area contributed by atoms with E-state index in [1.807, 2.05) is 0 Å². The molecule has 0 amide bonds. The molecule has 0 bridgehead atoms. The average Bonchev–Trinajstić information content (AvgIpc) is 2.47. The Morgan fingerprint density at radius 1 is 1.13 bits per heavy atom. The Balaban J connectivity index is 2.00. The zero-order valence-corrected chi connectivity index (χ0v) is 12.9. The number of aromatic nitrogens is 3. The average molecular weight is 325 g/mol. The molecule has 0 aliphatic heterocycles. The molecule has 0 saturated heterocycles. The quantitative estimate of drug-likeness (QED) is 0.837. The number of hydrogen-bond donors (Lipinski definition) is 2. The van der Waals surface area contributed by atoms with Gasteiger partial charge in [0.05, 0.1) is 11.8 Å². The van der Waals surface area contributed by atoms with Crippen LogP contribution >= 0.6 is 0 Å². The Labute approximate surface area is 132 Å². The number of alkyl halides is 3. The summed E-state index contributed by atoms with van der Waals surface area (Å²) in [5, 5.41) is 13.6. The molecule has 0 saturated carbocycles. The second-order valence-corrected chi connectivity index (χ2v) is 5.47. The fourth-order valence-corrected chi connectivity index (χ4v) is 1.80. The maximum Gasteiger partial charge on any atom is 0.416 e. The highest BCUT2D eigenvalue weighted by Crippen LogP contribution is 2.30. The summed E-state index contributed by atoms with van der Waals surface area (Å²) in [6.45, 7) is 5.01. The van der Waals surface area contributed by atoms with Crippen LogP contribution in [0.15, 0.2) is 30.5 Å². The third-order valence-electron chi connectivity index (χ3n) is 3.06. The molecule has 2 aromatic rings. The molecule has 0 spiro atoms. The Kier molecular flexibility index (Phi) is 5.36. The summed E-state index contributed by atoms with van der Waals surface area (Å²) < 4.78 is 37.5. The molecule has 1 aromatic heterocycles. The third kappa shape index (κ3) is 5.39. The summed E-state index contributed by atoms with van der Waals surface area (Å²) >= 11 is 0. The minimum Gasteiger partial charge on any atom is -0.369 e. The van der Waals surface area contributed by atoms with Gasteiger partial charge in [-0.25, -0.2) is 0 Å². The van der Waals surface area contributed by atoms with Crippen molar-refractivity contribution < 1.29 is 13.2 Å². The number of anilines is 3. The van der Waals surface area contributed by atoms with Crippen LogP contribution in [-0.4, -0.2) is 21.7 Å². The van der Waals surface area contributed by atoms with E-state index >= 15 is 0 Å². The normalized spacial score (nSPS) is 11.6. The number of rotatable bonds is 6. The predicted octanol–water partition coefficient (Wildman–Crippen LogP) is 4.09. The maximum absolute atomic E-state index is 12.5. The van der Waals surface area contributed by atoms with Crippen LogP contribution in [0.1, 0.15) is 25.8 Å². The second-order valence-electron chi connectivity index (χ2n) is 5.47. The van der Waals surface area contributed by atoms with Gasteiger partial charge < -0.3 is 10.6 Å². The van der Waals surface area contributed by atoms with Crippen molar-refractivity contribution in [3.63, 3.8) is 0 Å². The Bertz CT molecular complexity index is 626. The number of halogens is 3. The third-order valence-corrected chi connectivity index (χ3v) is 3.06. The minimum atomic E-state index is -4.35. The van der Waals surface area contributed by atoms with E-state index in [0.29, 0.717) is 17.4 Å². The summed E-state index contributed by atoms with van der Waals surface area (Å²) in [5.41, 5.74) is -0.245. The monoisotopic (exact) mass is 325 g/mol. The number of benzene rings is 1. The lowest BCUT2D eigenvalue weighted by atomic mass is 10.1. The van der Waals surface area contributed by atoms with E-state index in [0.717, 1.165) is 25.1 Å². The summed E-state index contributed by atoms with van der Waals surface area (Å²) in [7, 11) is 0. The smallest absolute Gasteiger partial charge is 0.369 e. The first kappa shape index (κ1) is 17.0. The van der Waals surface area contributed by atoms with Gasteiger partial charge in [-0.3, -0.25) is 0 Å². The van der Waals surface area contributed by atoms with Crippen LogP contribution in [0.3, 0.4) is 0 Å². The summed E-state index contributed by atoms with van der Waals surface area (Å²) in [4.78, 5) is 4.22. The van der Waals surface area contributed by atoms with Gasteiger partial charge in [0.15, 0.2) is 5.82 Å². The van der Waals surface area contributed by atoms with Crippen LogP contribution in [0.5, 0.6) is 0 Å². The lowest BCUT2D eigenvalue weighted by Gasteiger charge is -2.10. The van der Waals surface area contributed by atoms with E-state index in [-0.39, 0.29) is 5.95 Å². The fraction of sp³-hybridized carbons (Fsp3) is 0.400. The van der Waals surface area contributed by atoms with Gasteiger partial charge in [-0.15, -0.1) is 5.10 Å². The van der Waals surface area contributed by atoms with Gasteiger partial charge >= 0.3 is 6.18 Å². The van der Waals surface area contributed by atoms with Gasteiger partial charge in [-0.1, -0.05) is 13.8 Å². The van der Waals surface area contributed by atoms with Crippen molar-refractivity contribution in [1.29, 1.82) is 0 Å². The molecule has 1 heterocycles. The van der Waals surface area contributed by atoms with Gasteiger partial charge in [0.25, 0.3) is 0 Å². The van der Waals surface area contributed by atoms with Crippen LogP contribution < -0.4 is 10.6 Å². The topological polar surface area (TPSA) is 62.7 Å². The first-order chi connectivity index (χ1) is 10.8. The van der Waals surface area contributed by atoms with E-state index in [4.69, 9.17) is 0 Å². The first-order valence-electron chi connectivity index (χ1n) is 7.22. The molecular formula is C15H18F3N5. The minimum absolute atomic E-state index is 0.222. The van der Waals surface area contributed by atoms with Crippen LogP contribution in [0, 0.1) is 5.92 Å². The zero-order chi connectivity index (χ0) is 16.9. The van der Waals surface area contributed by atoms with Gasteiger partial charge in [0.2, 0.25) is 5.95 Å². The van der Waals surface area contributed by atoms with Crippen LogP contribution in [-0.2, 0) is 6.18 Å². The molecular weight excluding hydrogens is 307 g/mol. The molecule has 0 fully saturated rings. The number of nitrogens with one attached hydrogen (secondary N) is 2. The van der Waals surface area contributed by atoms with Gasteiger partial charge in [0.1, 0.15) is 0 Å². The first-order valence-corrected chi connectivity index (χ1v) is 7.22. The predicted molar refractivity (Wildman–Crippen MR) is 82.5 cm³/mol. The van der Waals surface area contributed by atoms with Crippen LogP contribution in [0.2, 0.25) is 0 Å². The van der Waals surface area contributed by atoms with Gasteiger partial charge in [-0.2, -0.15) is 23.3 Å². The fourth-order valence-electron chi connectivity index (χ4n) is 1.80. The Hall–Kier alpha value is -2.38. The van der Waals surface area contributed by atoms with Crippen molar-refractivity contribution in [2.75, 3.05) is 17.2 Å². The summed E-state index contributed by atoms with van der Waals surface area (Å²) in [6, 6.07) is 4.65. The number of nitrogens with zero attached hydrogens (tertiary/aromatic N) is 3. The molecule has 0 atom stereocenters. The maximum atomic E-state index is 12.5. The lowest BCUT2D eigenvalue weighted by Crippen LogP contribution is -2.08. The lowest BCUT2D eigenvalue weighted by molar-refractivity contribution is -0.137. The second kappa shape index (κ2) is 7.26. The Morgan fingerprint density at radius 3 is 2.43 bits per heavy atom. The van der Waals surface area contributed by atoms with Crippen molar-refractivity contribution >= 4 is 17.5 Å². The van der Waals surface area contributed by atoms with Crippen LogP contribution in [0.25, 0.3) is 0 Å². The molecule has 0 unspecified atom stereocenters. The molecule has 8 heteroatoms. The highest BCUT2D eigenvalue weighted by Gasteiger charge is 2.29. The van der Waals surface area contributed by atoms with Crippen molar-refractivity contribution in [2.24, 2.45) is 5.92 Å². The van der Waals surface area contributed by atoms with Crippen molar-refractivity contribution in [2.45, 2.75) is 26.4 Å². The molecule has 1 aromatic carbocycles. The van der Waals surface area contributed by atoms with Gasteiger partial charge in [-0.05, 0) is 36.6 Å². The Morgan fingerprint density at radius 2 is 1.83 bits per heavy atom. The largest absolute Gasteiger partial charge is 0.416 e. The molecule has 2 N–H and O–H groups in total. The standard InChI is InChI=1S/C15H18F3N5/c1-10(2)7-8-19-13-9-20-23-14(22-13)21-12-5-3-11(4-6-12)15(16,17)18/h3-6,9-10H,7-8H2,1-2H3,(H2,19,21,22,23). The summed E-state index contributed by atoms with van der Waals surface area (Å²) in [5.74, 6) is 1.36. The molecule has 0 aliphatic carbocycles. The highest BCUT2D eigenvalue weighted by atomic mass is 19.4. The molecule has 0 aliphatic rings. The molecule has 2 rings (SSSR count).